The van der Waals surface area contributed by atoms with Gasteiger partial charge in [0.15, 0.2) is 0 Å². The van der Waals surface area contributed by atoms with Crippen molar-refractivity contribution in [3.05, 3.63) is 0 Å². The number of nitrogens with zero attached hydrogens (tertiary/aromatic N) is 1. The van der Waals surface area contributed by atoms with E-state index in [1.807, 2.05) is 0 Å². The number of nitrogens with one attached hydrogen (secondary N) is 1. The highest BCUT2D eigenvalue weighted by molar-refractivity contribution is 4.66. The van der Waals surface area contributed by atoms with Crippen molar-refractivity contribution in [2.45, 2.75) is 26.3 Å². The van der Waals surface area contributed by atoms with Crippen LogP contribution < -0.4 is 5.59 Å². The van der Waals surface area contributed by atoms with Gasteiger partial charge < -0.3 is 0 Å². The summed E-state index contributed by atoms with van der Waals surface area (Å²) in [6.45, 7) is 6.12. The topological polar surface area (TPSA) is 24.5 Å². The van der Waals surface area contributed by atoms with Gasteiger partial charge in [0.25, 0.3) is 0 Å². The fraction of sp³-hybridized carbons (Fsp3) is 1.00. The largest absolute Gasteiger partial charge is 0.285 e. The average molecular weight is 130 g/mol. The zero-order valence-corrected chi connectivity index (χ0v) is 6.05. The first-order chi connectivity index (χ1) is 4.38. The first kappa shape index (κ1) is 6.99. The van der Waals surface area contributed by atoms with Crippen LogP contribution in [-0.4, -0.2) is 24.2 Å². The quantitative estimate of drug-likeness (QED) is 0.590. The van der Waals surface area contributed by atoms with E-state index in [9.17, 15) is 0 Å². The van der Waals surface area contributed by atoms with Crippen LogP contribution in [0.5, 0.6) is 0 Å². The van der Waals surface area contributed by atoms with Crippen molar-refractivity contribution < 1.29 is 4.84 Å². The first-order valence-corrected chi connectivity index (χ1v) is 3.52. The second-order valence-electron chi connectivity index (χ2n) is 2.25. The molecule has 0 aliphatic carbocycles. The lowest BCUT2D eigenvalue weighted by Crippen LogP contribution is -2.36. The van der Waals surface area contributed by atoms with Gasteiger partial charge in [-0.3, -0.25) is 4.84 Å². The van der Waals surface area contributed by atoms with Crippen LogP contribution in [0.3, 0.4) is 0 Å². The van der Waals surface area contributed by atoms with Crippen molar-refractivity contribution in [1.82, 2.24) is 10.6 Å². The summed E-state index contributed by atoms with van der Waals surface area (Å²) >= 11 is 0. The molecule has 0 bridgehead atoms. The molecule has 0 amide bonds. The van der Waals surface area contributed by atoms with Crippen LogP contribution in [-0.2, 0) is 4.84 Å². The maximum Gasteiger partial charge on any atom is 0.0868 e. The minimum absolute atomic E-state index is 0.579. The normalized spacial score (nSPS) is 29.3. The Morgan fingerprint density at radius 3 is 2.89 bits per heavy atom. The van der Waals surface area contributed by atoms with Gasteiger partial charge in [-0.15, -0.1) is 5.59 Å². The summed E-state index contributed by atoms with van der Waals surface area (Å²) in [6, 6.07) is 0.579. The monoisotopic (exact) mass is 130 g/mol. The Labute approximate surface area is 55.9 Å². The Morgan fingerprint density at radius 1 is 1.67 bits per heavy atom. The third-order valence-electron chi connectivity index (χ3n) is 1.71. The molecule has 0 aromatic carbocycles. The molecule has 9 heavy (non-hydrogen) atoms. The minimum atomic E-state index is 0.579. The molecule has 1 saturated heterocycles. The molecule has 54 valence electrons. The van der Waals surface area contributed by atoms with Crippen LogP contribution >= 0.6 is 0 Å². The first-order valence-electron chi connectivity index (χ1n) is 3.52. The predicted octanol–water partition coefficient (Wildman–Crippen LogP) is 0.537. The van der Waals surface area contributed by atoms with E-state index in [4.69, 9.17) is 4.84 Å². The summed E-state index contributed by atoms with van der Waals surface area (Å²) < 4.78 is 0. The maximum absolute atomic E-state index is 5.03. The molecule has 1 aliphatic heterocycles. The molecule has 1 rings (SSSR count). The predicted molar refractivity (Wildman–Crippen MR) is 35.5 cm³/mol. The van der Waals surface area contributed by atoms with Crippen LogP contribution in [0.4, 0.5) is 0 Å². The molecule has 1 unspecified atom stereocenters. The summed E-state index contributed by atoms with van der Waals surface area (Å²) in [5.41, 5.74) is 2.84. The Morgan fingerprint density at radius 2 is 2.44 bits per heavy atom. The molecule has 0 saturated carbocycles. The van der Waals surface area contributed by atoms with Crippen molar-refractivity contribution in [1.29, 1.82) is 0 Å². The van der Waals surface area contributed by atoms with Gasteiger partial charge in [0.1, 0.15) is 0 Å². The lowest BCUT2D eigenvalue weighted by Gasteiger charge is -2.16. The lowest BCUT2D eigenvalue weighted by atomic mass is 10.2. The third-order valence-corrected chi connectivity index (χ3v) is 1.71. The van der Waals surface area contributed by atoms with Crippen LogP contribution in [0.2, 0.25) is 0 Å². The van der Waals surface area contributed by atoms with Gasteiger partial charge in [-0.2, -0.15) is 0 Å². The van der Waals surface area contributed by atoms with Crippen molar-refractivity contribution in [3.63, 3.8) is 0 Å². The van der Waals surface area contributed by atoms with Crippen molar-refractivity contribution >= 4 is 0 Å². The Kier molecular flexibility index (Phi) is 2.45. The molecule has 1 heterocycles. The molecule has 0 aromatic rings. The minimum Gasteiger partial charge on any atom is -0.285 e. The molecule has 1 aliphatic rings. The Balaban J connectivity index is 2.32. The summed E-state index contributed by atoms with van der Waals surface area (Å²) in [7, 11) is 0. The van der Waals surface area contributed by atoms with E-state index in [0.29, 0.717) is 6.04 Å². The molecule has 1 N–H and O–H groups in total. The zero-order chi connectivity index (χ0) is 6.69. The molecule has 1 atom stereocenters. The third kappa shape index (κ3) is 1.41. The van der Waals surface area contributed by atoms with E-state index in [-0.39, 0.29) is 0 Å². The zero-order valence-electron chi connectivity index (χ0n) is 6.05. The molecule has 0 radical (unpaired) electrons. The summed E-state index contributed by atoms with van der Waals surface area (Å²) in [5, 5.41) is 2.11. The maximum atomic E-state index is 5.03. The fourth-order valence-electron chi connectivity index (χ4n) is 1.04. The highest BCUT2D eigenvalue weighted by Crippen LogP contribution is 2.06. The summed E-state index contributed by atoms with van der Waals surface area (Å²) in [4.78, 5) is 5.03. The SMILES string of the molecule is CCC1CONN1CC. The van der Waals surface area contributed by atoms with Crippen molar-refractivity contribution in [2.75, 3.05) is 13.2 Å². The van der Waals surface area contributed by atoms with Crippen LogP contribution in [0.15, 0.2) is 0 Å². The number of hydrogen-bond donors (Lipinski definition) is 1. The van der Waals surface area contributed by atoms with E-state index in [1.54, 1.807) is 0 Å². The van der Waals surface area contributed by atoms with Gasteiger partial charge in [-0.1, -0.05) is 13.8 Å². The van der Waals surface area contributed by atoms with E-state index in [0.717, 1.165) is 19.6 Å². The van der Waals surface area contributed by atoms with E-state index in [1.165, 1.54) is 0 Å². The molecule has 1 fully saturated rings. The van der Waals surface area contributed by atoms with Gasteiger partial charge in [0, 0.05) is 6.54 Å². The molecule has 0 spiro atoms. The second kappa shape index (κ2) is 3.15. The smallest absolute Gasteiger partial charge is 0.0868 e. The molecule has 3 heteroatoms. The van der Waals surface area contributed by atoms with Gasteiger partial charge >= 0.3 is 0 Å². The van der Waals surface area contributed by atoms with Gasteiger partial charge in [0.2, 0.25) is 0 Å². The van der Waals surface area contributed by atoms with E-state index >= 15 is 0 Å². The van der Waals surface area contributed by atoms with Gasteiger partial charge in [0.05, 0.1) is 12.6 Å². The second-order valence-corrected chi connectivity index (χ2v) is 2.25. The molecular weight excluding hydrogens is 116 g/mol. The number of hydrazine groups is 1. The number of likely N-dealkylation sites (N-methyl/N-ethyl adjacent to an activating group) is 1. The van der Waals surface area contributed by atoms with Crippen LogP contribution in [0.1, 0.15) is 20.3 Å². The lowest BCUT2D eigenvalue weighted by molar-refractivity contribution is 0.0110. The van der Waals surface area contributed by atoms with Crippen LogP contribution in [0, 0.1) is 0 Å². The molecular formula is C6H14N2O. The summed E-state index contributed by atoms with van der Waals surface area (Å²) in [6.07, 6.45) is 1.15. The van der Waals surface area contributed by atoms with E-state index in [2.05, 4.69) is 24.4 Å². The highest BCUT2D eigenvalue weighted by atomic mass is 16.7. The van der Waals surface area contributed by atoms with Crippen LogP contribution in [0.25, 0.3) is 0 Å². The molecule has 3 nitrogen and oxygen atoms in total. The van der Waals surface area contributed by atoms with Crippen molar-refractivity contribution in [2.24, 2.45) is 0 Å². The highest BCUT2D eigenvalue weighted by Gasteiger charge is 2.21. The van der Waals surface area contributed by atoms with E-state index < -0.39 is 0 Å². The summed E-state index contributed by atoms with van der Waals surface area (Å²) in [5.74, 6) is 0. The number of hydrogen-bond acceptors (Lipinski definition) is 3. The standard InChI is InChI=1S/C6H14N2O/c1-3-6-5-9-7-8(6)4-2/h6-7H,3-5H2,1-2H3. The molecule has 0 aromatic heterocycles. The Hall–Kier alpha value is -0.120. The Bertz CT molecular complexity index is 77.1. The average Bonchev–Trinajstić information content (AvgIpc) is 2.33. The van der Waals surface area contributed by atoms with Crippen molar-refractivity contribution in [3.8, 4) is 0 Å². The van der Waals surface area contributed by atoms with Gasteiger partial charge in [-0.25, -0.2) is 5.01 Å². The van der Waals surface area contributed by atoms with Gasteiger partial charge in [-0.05, 0) is 6.42 Å². The fourth-order valence-corrected chi connectivity index (χ4v) is 1.04. The number of rotatable bonds is 2.